The van der Waals surface area contributed by atoms with E-state index in [1.54, 1.807) is 5.01 Å². The first-order valence-corrected chi connectivity index (χ1v) is 9.09. The van der Waals surface area contributed by atoms with Crippen LogP contribution in [0.15, 0.2) is 69.7 Å². The molecule has 0 radical (unpaired) electrons. The first kappa shape index (κ1) is 16.7. The van der Waals surface area contributed by atoms with Gasteiger partial charge >= 0.3 is 4.87 Å². The topological polar surface area (TPSA) is 77.9 Å². The summed E-state index contributed by atoms with van der Waals surface area (Å²) in [7, 11) is 0. The van der Waals surface area contributed by atoms with E-state index in [4.69, 9.17) is 11.6 Å². The van der Waals surface area contributed by atoms with Gasteiger partial charge in [0, 0.05) is 11.4 Å². The SMILES string of the molecule is O=Nc1sc(=O)[nH]c1N1N=C(c2ccccc2)C[C@@H]1c1ccc(Cl)cc1. The number of nitrogens with one attached hydrogen (secondary N) is 1. The van der Waals surface area contributed by atoms with Crippen molar-refractivity contribution in [1.82, 2.24) is 4.98 Å². The summed E-state index contributed by atoms with van der Waals surface area (Å²) >= 11 is 6.78. The second kappa shape index (κ2) is 6.86. The van der Waals surface area contributed by atoms with Crippen LogP contribution in [0.5, 0.6) is 0 Å². The molecule has 1 atom stereocenters. The molecule has 3 aromatic rings. The molecule has 1 aromatic heterocycles. The molecule has 0 spiro atoms. The predicted octanol–water partition coefficient (Wildman–Crippen LogP) is 4.84. The van der Waals surface area contributed by atoms with Crippen LogP contribution in [-0.4, -0.2) is 10.7 Å². The zero-order valence-electron chi connectivity index (χ0n) is 13.4. The van der Waals surface area contributed by atoms with Gasteiger partial charge in [-0.05, 0) is 39.8 Å². The van der Waals surface area contributed by atoms with Crippen molar-refractivity contribution in [2.24, 2.45) is 10.3 Å². The van der Waals surface area contributed by atoms with Crippen molar-refractivity contribution >= 4 is 39.5 Å². The largest absolute Gasteiger partial charge is 0.308 e. The highest BCUT2D eigenvalue weighted by atomic mass is 35.5. The second-order valence-corrected chi connectivity index (χ2v) is 7.19. The number of benzene rings is 2. The highest BCUT2D eigenvalue weighted by Gasteiger charge is 2.33. The molecule has 6 nitrogen and oxygen atoms in total. The standard InChI is InChI=1S/C18H13ClN4O2S/c19-13-8-6-12(7-9-13)15-10-14(11-4-2-1-3-5-11)21-23(15)16-17(22-25)26-18(24)20-16/h1-9,15H,10H2,(H,20,24)/t15-/m1/s1. The molecular formula is C18H13ClN4O2S. The van der Waals surface area contributed by atoms with Crippen LogP contribution in [0.2, 0.25) is 5.02 Å². The Kier molecular flexibility index (Phi) is 4.40. The lowest BCUT2D eigenvalue weighted by atomic mass is 9.98. The van der Waals surface area contributed by atoms with Gasteiger partial charge in [-0.2, -0.15) is 5.10 Å². The normalized spacial score (nSPS) is 16.6. The molecule has 0 saturated carbocycles. The van der Waals surface area contributed by atoms with Crippen LogP contribution in [0.25, 0.3) is 0 Å². The minimum Gasteiger partial charge on any atom is -0.296 e. The molecule has 0 unspecified atom stereocenters. The molecule has 1 aliphatic heterocycles. The van der Waals surface area contributed by atoms with E-state index in [9.17, 15) is 9.70 Å². The summed E-state index contributed by atoms with van der Waals surface area (Å²) in [6, 6.07) is 17.1. The van der Waals surface area contributed by atoms with Gasteiger partial charge in [-0.25, -0.2) is 5.01 Å². The minimum absolute atomic E-state index is 0.0898. The summed E-state index contributed by atoms with van der Waals surface area (Å²) in [6.45, 7) is 0. The molecule has 1 N–H and O–H groups in total. The van der Waals surface area contributed by atoms with E-state index in [2.05, 4.69) is 15.3 Å². The summed E-state index contributed by atoms with van der Waals surface area (Å²) < 4.78 is 0. The Morgan fingerprint density at radius 1 is 1.15 bits per heavy atom. The number of halogens is 1. The molecule has 0 fully saturated rings. The quantitative estimate of drug-likeness (QED) is 0.653. The number of aromatic amines is 1. The third-order valence-corrected chi connectivity index (χ3v) is 5.20. The first-order valence-electron chi connectivity index (χ1n) is 7.90. The lowest BCUT2D eigenvalue weighted by Gasteiger charge is -2.22. The van der Waals surface area contributed by atoms with Gasteiger partial charge in [-0.15, -0.1) is 4.91 Å². The van der Waals surface area contributed by atoms with Crippen LogP contribution in [0.4, 0.5) is 10.8 Å². The maximum atomic E-state index is 11.7. The molecule has 8 heteroatoms. The summed E-state index contributed by atoms with van der Waals surface area (Å²) in [5.41, 5.74) is 2.84. The molecule has 130 valence electrons. The number of nitrogens with zero attached hydrogens (tertiary/aromatic N) is 3. The average molecular weight is 385 g/mol. The van der Waals surface area contributed by atoms with Gasteiger partial charge in [0.25, 0.3) is 0 Å². The fourth-order valence-corrected chi connectivity index (χ4v) is 3.72. The summed E-state index contributed by atoms with van der Waals surface area (Å²) in [5, 5.41) is 10.1. The fourth-order valence-electron chi connectivity index (χ4n) is 3.00. The van der Waals surface area contributed by atoms with Crippen molar-refractivity contribution in [1.29, 1.82) is 0 Å². The molecule has 0 saturated heterocycles. The zero-order valence-corrected chi connectivity index (χ0v) is 15.0. The second-order valence-electron chi connectivity index (χ2n) is 5.79. The van der Waals surface area contributed by atoms with Crippen molar-refractivity contribution in [2.45, 2.75) is 12.5 Å². The Morgan fingerprint density at radius 3 is 2.58 bits per heavy atom. The summed E-state index contributed by atoms with van der Waals surface area (Å²) in [5.74, 6) is 0.320. The molecule has 0 aliphatic carbocycles. The van der Waals surface area contributed by atoms with Crippen LogP contribution in [0.3, 0.4) is 0 Å². The van der Waals surface area contributed by atoms with E-state index in [1.807, 2.05) is 54.6 Å². The molecule has 0 amide bonds. The van der Waals surface area contributed by atoms with Gasteiger partial charge in [0.2, 0.25) is 5.00 Å². The van der Waals surface area contributed by atoms with Crippen LogP contribution >= 0.6 is 22.9 Å². The average Bonchev–Trinajstić information content (AvgIpc) is 3.26. The molecule has 2 aromatic carbocycles. The van der Waals surface area contributed by atoms with Crippen LogP contribution in [-0.2, 0) is 0 Å². The fraction of sp³-hybridized carbons (Fsp3) is 0.111. The molecule has 0 bridgehead atoms. The van der Waals surface area contributed by atoms with Crippen molar-refractivity contribution in [3.63, 3.8) is 0 Å². The van der Waals surface area contributed by atoms with Crippen molar-refractivity contribution in [2.75, 3.05) is 5.01 Å². The van der Waals surface area contributed by atoms with E-state index in [1.165, 1.54) is 0 Å². The van der Waals surface area contributed by atoms with Gasteiger partial charge in [0.1, 0.15) is 0 Å². The maximum Gasteiger partial charge on any atom is 0.308 e. The Morgan fingerprint density at radius 2 is 1.88 bits per heavy atom. The molecule has 4 rings (SSSR count). The monoisotopic (exact) mass is 384 g/mol. The maximum absolute atomic E-state index is 11.7. The Balaban J connectivity index is 1.81. The zero-order chi connectivity index (χ0) is 18.1. The number of H-pyrrole nitrogens is 1. The number of hydrazone groups is 1. The molecule has 2 heterocycles. The first-order chi connectivity index (χ1) is 12.7. The van der Waals surface area contributed by atoms with Crippen molar-refractivity contribution in [3.8, 4) is 0 Å². The van der Waals surface area contributed by atoms with Crippen LogP contribution < -0.4 is 9.88 Å². The number of aromatic nitrogens is 1. The van der Waals surface area contributed by atoms with Gasteiger partial charge in [-0.1, -0.05) is 54.1 Å². The lowest BCUT2D eigenvalue weighted by Crippen LogP contribution is -2.19. The highest BCUT2D eigenvalue weighted by Crippen LogP contribution is 2.40. The Labute approximate surface area is 157 Å². The van der Waals surface area contributed by atoms with Gasteiger partial charge in [0.05, 0.1) is 11.8 Å². The minimum atomic E-state index is -0.340. The van der Waals surface area contributed by atoms with Gasteiger partial charge in [-0.3, -0.25) is 9.78 Å². The number of nitroso groups, excluding NO2 is 1. The third kappa shape index (κ3) is 3.07. The molecule has 1 aliphatic rings. The number of rotatable bonds is 4. The number of thiazole rings is 1. The van der Waals surface area contributed by atoms with Crippen LogP contribution in [0.1, 0.15) is 23.6 Å². The summed E-state index contributed by atoms with van der Waals surface area (Å²) in [4.78, 5) is 25.2. The highest BCUT2D eigenvalue weighted by molar-refractivity contribution is 7.13. The number of anilines is 1. The smallest absolute Gasteiger partial charge is 0.296 e. The molecular weight excluding hydrogens is 372 g/mol. The summed E-state index contributed by atoms with van der Waals surface area (Å²) in [6.07, 6.45) is 0.627. The van der Waals surface area contributed by atoms with E-state index in [0.29, 0.717) is 17.3 Å². The lowest BCUT2D eigenvalue weighted by molar-refractivity contribution is 0.700. The number of hydrogen-bond acceptors (Lipinski definition) is 6. The van der Waals surface area contributed by atoms with E-state index in [0.717, 1.165) is 28.2 Å². The van der Waals surface area contributed by atoms with E-state index < -0.39 is 0 Å². The number of hydrogen-bond donors (Lipinski definition) is 1. The van der Waals surface area contributed by atoms with Crippen molar-refractivity contribution < 1.29 is 0 Å². The Bertz CT molecular complexity index is 1030. The predicted molar refractivity (Wildman–Crippen MR) is 105 cm³/mol. The van der Waals surface area contributed by atoms with Gasteiger partial charge in [0.15, 0.2) is 5.82 Å². The van der Waals surface area contributed by atoms with Crippen molar-refractivity contribution in [3.05, 3.63) is 85.3 Å². The Hall–Kier alpha value is -2.77. The third-order valence-electron chi connectivity index (χ3n) is 4.20. The van der Waals surface area contributed by atoms with E-state index in [-0.39, 0.29) is 15.9 Å². The van der Waals surface area contributed by atoms with Crippen LogP contribution in [0, 0.1) is 4.91 Å². The van der Waals surface area contributed by atoms with E-state index >= 15 is 0 Å². The van der Waals surface area contributed by atoms with Gasteiger partial charge < -0.3 is 0 Å². The molecule has 26 heavy (non-hydrogen) atoms.